The van der Waals surface area contributed by atoms with Crippen molar-refractivity contribution in [2.24, 2.45) is 0 Å². The third kappa shape index (κ3) is 48.2. The summed E-state index contributed by atoms with van der Waals surface area (Å²) in [4.78, 5) is 42.0. The number of unbranched alkanes of at least 4 members (excludes halogenated alkanes) is 22. The van der Waals surface area contributed by atoms with Gasteiger partial charge in [-0.05, 0) is 49.0 Å². The molecule has 0 amide bonds. The Morgan fingerprint density at radius 2 is 0.608 bits per heavy atom. The maximum atomic E-state index is 10.7. The first kappa shape index (κ1) is 53.5. The third-order valence-corrected chi connectivity index (χ3v) is 14.6. The molecule has 0 spiro atoms. The molecule has 0 aromatic heterocycles. The van der Waals surface area contributed by atoms with Gasteiger partial charge in [0.25, 0.3) is 0 Å². The molecule has 0 heterocycles. The van der Waals surface area contributed by atoms with Crippen LogP contribution in [0.25, 0.3) is 0 Å². The van der Waals surface area contributed by atoms with Crippen molar-refractivity contribution in [3.05, 3.63) is 23.3 Å². The van der Waals surface area contributed by atoms with Gasteiger partial charge in [-0.25, -0.2) is 0 Å². The molecule has 8 nitrogen and oxygen atoms in total. The van der Waals surface area contributed by atoms with Crippen molar-refractivity contribution in [1.29, 1.82) is 0 Å². The number of aliphatic carboxylic acids is 4. The van der Waals surface area contributed by atoms with E-state index in [2.05, 4.69) is 27.7 Å². The molecule has 0 bridgehead atoms. The molecular weight excluding hydrogens is 751 g/mol. The van der Waals surface area contributed by atoms with Gasteiger partial charge in [-0.1, -0.05) is 142 Å². The molecular formula is C42H76O8Sn. The Labute approximate surface area is 323 Å². The van der Waals surface area contributed by atoms with Crippen LogP contribution in [0.5, 0.6) is 0 Å². The van der Waals surface area contributed by atoms with Gasteiger partial charge >= 0.3 is 69.5 Å². The van der Waals surface area contributed by atoms with E-state index in [1.807, 2.05) is 0 Å². The molecule has 0 saturated carbocycles. The van der Waals surface area contributed by atoms with Crippen LogP contribution in [0.15, 0.2) is 23.3 Å². The fraction of sp³-hybridized carbons (Fsp3) is 0.810. The van der Waals surface area contributed by atoms with E-state index in [9.17, 15) is 39.6 Å². The second kappa shape index (κ2) is 44.3. The van der Waals surface area contributed by atoms with Crippen LogP contribution < -0.4 is 20.4 Å². The van der Waals surface area contributed by atoms with Crippen LogP contribution in [0.3, 0.4) is 0 Å². The summed E-state index contributed by atoms with van der Waals surface area (Å²) in [5.41, 5.74) is -0.350. The first-order valence-electron chi connectivity index (χ1n) is 20.8. The fourth-order valence-corrected chi connectivity index (χ4v) is 11.6. The van der Waals surface area contributed by atoms with Gasteiger partial charge in [-0.3, -0.25) is 0 Å². The van der Waals surface area contributed by atoms with Crippen LogP contribution in [0.4, 0.5) is 0 Å². The first-order chi connectivity index (χ1) is 24.6. The predicted octanol–water partition coefficient (Wildman–Crippen LogP) is 6.82. The van der Waals surface area contributed by atoms with Crippen LogP contribution in [0, 0.1) is 0 Å². The van der Waals surface area contributed by atoms with E-state index >= 15 is 0 Å². The van der Waals surface area contributed by atoms with Gasteiger partial charge in [0, 0.05) is 0 Å². The summed E-state index contributed by atoms with van der Waals surface area (Å²) >= 11 is -0.159. The Balaban J connectivity index is -0.000000731. The van der Waals surface area contributed by atoms with Gasteiger partial charge in [0.1, 0.15) is 0 Å². The third-order valence-electron chi connectivity index (χ3n) is 8.91. The molecule has 0 N–H and O–H groups in total. The zero-order valence-electron chi connectivity index (χ0n) is 33.3. The second-order valence-corrected chi connectivity index (χ2v) is 19.9. The summed E-state index contributed by atoms with van der Waals surface area (Å²) in [5, 5.41) is 42.0. The molecule has 0 aromatic carbocycles. The summed E-state index contributed by atoms with van der Waals surface area (Å²) in [7, 11) is 0. The van der Waals surface area contributed by atoms with E-state index in [0.29, 0.717) is 25.0 Å². The molecule has 0 unspecified atom stereocenters. The van der Waals surface area contributed by atoms with Gasteiger partial charge in [-0.2, -0.15) is 0 Å². The zero-order valence-corrected chi connectivity index (χ0v) is 37.4. The molecule has 9 heteroatoms. The average molecular weight is 828 g/mol. The molecule has 0 aromatic rings. The molecule has 0 atom stereocenters. The molecule has 0 aliphatic heterocycles. The number of hydrogen-bond donors (Lipinski definition) is 0. The fourth-order valence-electron chi connectivity index (χ4n) is 5.74. The summed E-state index contributed by atoms with van der Waals surface area (Å²) in [6.45, 7) is 9.03. The average Bonchev–Trinajstić information content (AvgIpc) is 3.08. The van der Waals surface area contributed by atoms with Crippen molar-refractivity contribution in [3.63, 3.8) is 0 Å². The Morgan fingerprint density at radius 1 is 0.373 bits per heavy atom. The van der Waals surface area contributed by atoms with Crippen molar-refractivity contribution >= 4 is 45.0 Å². The quantitative estimate of drug-likeness (QED) is 0.0388. The van der Waals surface area contributed by atoms with Crippen molar-refractivity contribution in [2.75, 3.05) is 0 Å². The Morgan fingerprint density at radius 3 is 0.824 bits per heavy atom. The topological polar surface area (TPSA) is 161 Å². The summed E-state index contributed by atoms with van der Waals surface area (Å²) < 4.78 is 3.33. The molecule has 0 rings (SSSR count). The number of hydrogen-bond acceptors (Lipinski definition) is 8. The van der Waals surface area contributed by atoms with Crippen LogP contribution >= 0.6 is 0 Å². The minimum absolute atomic E-state index is 0.159. The van der Waals surface area contributed by atoms with Gasteiger partial charge in [0.2, 0.25) is 0 Å². The van der Waals surface area contributed by atoms with Crippen molar-refractivity contribution in [2.45, 2.75) is 216 Å². The Kier molecular flexibility index (Phi) is 46.5. The number of rotatable bonds is 34. The van der Waals surface area contributed by atoms with E-state index in [4.69, 9.17) is 0 Å². The molecule has 4 radical (unpaired) electrons. The molecule has 0 aliphatic rings. The standard InChI is InChI=1S/2C17H30O4.2C4H9.Sn.2H/c2*1-2-3-4-5-6-7-8-9-10-11-12-13-15(17(20)21)14-16(18)19;2*1-3-4-2;;;/h2*14H,2-13H2,1H3,(H,18,19)(H,20,21);2*1,3-4H2,2H3;;;/q;;;;+4;;/p-4/b2*15-14-;;;;;. The molecule has 0 saturated heterocycles. The number of carboxylic acid groups (broad SMARTS) is 4. The van der Waals surface area contributed by atoms with E-state index in [1.165, 1.54) is 128 Å². The van der Waals surface area contributed by atoms with Crippen molar-refractivity contribution < 1.29 is 39.6 Å². The monoisotopic (exact) mass is 828 g/mol. The minimum atomic E-state index is -1.47. The molecule has 0 fully saturated rings. The summed E-state index contributed by atoms with van der Waals surface area (Å²) in [6, 6.07) is 0. The van der Waals surface area contributed by atoms with Gasteiger partial charge in [0.15, 0.2) is 0 Å². The van der Waals surface area contributed by atoms with Crippen molar-refractivity contribution in [1.82, 2.24) is 0 Å². The first-order valence-corrected chi connectivity index (χ1v) is 26.5. The SMILES string of the molecule is CCCCCCCCCCCCC/C(=C/C(=O)[O-])C(=O)[O-].CCCCCCCCCCCCC/C(=C/C(=O)[O-])C(=O)[O-].CCC[CH2][SnH2+4][CH2]CCC. The molecule has 296 valence electrons. The number of carbonyl (C=O) groups is 4. The Bertz CT molecular complexity index is 814. The maximum absolute atomic E-state index is 10.7. The number of carboxylic acids is 4. The molecule has 0 aliphatic carbocycles. The van der Waals surface area contributed by atoms with E-state index in [-0.39, 0.29) is 45.1 Å². The van der Waals surface area contributed by atoms with Gasteiger partial charge in [-0.15, -0.1) is 0 Å². The summed E-state index contributed by atoms with van der Waals surface area (Å²) in [6.07, 6.45) is 33.5. The van der Waals surface area contributed by atoms with Gasteiger partial charge < -0.3 is 39.6 Å². The van der Waals surface area contributed by atoms with E-state index < -0.39 is 23.9 Å². The van der Waals surface area contributed by atoms with E-state index in [0.717, 1.165) is 25.7 Å². The zero-order chi connectivity index (χ0) is 38.8. The van der Waals surface area contributed by atoms with Crippen LogP contribution in [0.2, 0.25) is 8.87 Å². The van der Waals surface area contributed by atoms with Crippen LogP contribution in [-0.4, -0.2) is 45.0 Å². The normalized spacial score (nSPS) is 11.3. The predicted molar refractivity (Wildman–Crippen MR) is 206 cm³/mol. The van der Waals surface area contributed by atoms with Crippen molar-refractivity contribution in [3.8, 4) is 0 Å². The molecule has 51 heavy (non-hydrogen) atoms. The summed E-state index contributed by atoms with van der Waals surface area (Å²) in [5.74, 6) is -5.77. The van der Waals surface area contributed by atoms with Crippen LogP contribution in [0.1, 0.15) is 207 Å². The van der Waals surface area contributed by atoms with E-state index in [1.54, 1.807) is 8.87 Å². The van der Waals surface area contributed by atoms with Gasteiger partial charge in [0.05, 0.1) is 23.9 Å². The number of carbonyl (C=O) groups excluding carboxylic acids is 4. The van der Waals surface area contributed by atoms with Crippen LogP contribution in [-0.2, 0) is 19.2 Å². The Hall–Kier alpha value is -1.84. The second-order valence-electron chi connectivity index (χ2n) is 13.9.